The molecule has 3 aromatic heterocycles. The highest BCUT2D eigenvalue weighted by Crippen LogP contribution is 2.40. The molecule has 0 spiro atoms. The SMILES string of the molecule is O=C(c1nnc(-c2ccncn2)o1)c1c(C(F)(F)F)n(Cc2ccc(Cl)cc2Cl)c2ccccc12. The third-order valence-electron chi connectivity index (χ3n) is 5.23. The van der Waals surface area contributed by atoms with Gasteiger partial charge in [0.05, 0.1) is 5.56 Å². The van der Waals surface area contributed by atoms with Crippen molar-refractivity contribution in [2.45, 2.75) is 12.7 Å². The van der Waals surface area contributed by atoms with E-state index in [4.69, 9.17) is 27.6 Å². The van der Waals surface area contributed by atoms with Crippen molar-refractivity contribution in [1.29, 1.82) is 0 Å². The minimum atomic E-state index is -4.89. The van der Waals surface area contributed by atoms with Crippen molar-refractivity contribution in [3.63, 3.8) is 0 Å². The number of para-hydroxylation sites is 1. The van der Waals surface area contributed by atoms with E-state index in [1.54, 1.807) is 12.1 Å². The second-order valence-corrected chi connectivity index (χ2v) is 8.24. The van der Waals surface area contributed by atoms with Crippen LogP contribution in [0.25, 0.3) is 22.5 Å². The Hall–Kier alpha value is -3.76. The molecule has 0 aliphatic carbocycles. The van der Waals surface area contributed by atoms with Crippen molar-refractivity contribution in [3.05, 3.63) is 93.8 Å². The van der Waals surface area contributed by atoms with Gasteiger partial charge in [-0.1, -0.05) is 47.5 Å². The van der Waals surface area contributed by atoms with Gasteiger partial charge < -0.3 is 8.98 Å². The molecule has 0 saturated heterocycles. The van der Waals surface area contributed by atoms with Crippen LogP contribution in [0.5, 0.6) is 0 Å². The van der Waals surface area contributed by atoms with Gasteiger partial charge in [-0.05, 0) is 29.8 Å². The number of carbonyl (C=O) groups is 1. The van der Waals surface area contributed by atoms with Gasteiger partial charge in [-0.2, -0.15) is 13.2 Å². The molecule has 0 N–H and O–H groups in total. The lowest BCUT2D eigenvalue weighted by atomic mass is 10.1. The molecule has 3 heterocycles. The van der Waals surface area contributed by atoms with Gasteiger partial charge in [-0.25, -0.2) is 9.97 Å². The molecular weight excluding hydrogens is 506 g/mol. The van der Waals surface area contributed by atoms with E-state index in [0.717, 1.165) is 4.57 Å². The Labute approximate surface area is 205 Å². The number of ketones is 1. The molecular formula is C23H12Cl2F3N5O2. The maximum Gasteiger partial charge on any atom is 0.432 e. The number of alkyl halides is 3. The van der Waals surface area contributed by atoms with E-state index >= 15 is 0 Å². The smallest absolute Gasteiger partial charge is 0.412 e. The molecule has 0 atom stereocenters. The Balaban J connectivity index is 1.68. The number of nitrogens with zero attached hydrogens (tertiary/aromatic N) is 5. The van der Waals surface area contributed by atoms with E-state index < -0.39 is 29.1 Å². The van der Waals surface area contributed by atoms with E-state index in [1.165, 1.54) is 48.9 Å². The molecule has 5 rings (SSSR count). The van der Waals surface area contributed by atoms with Crippen molar-refractivity contribution in [3.8, 4) is 11.6 Å². The maximum atomic E-state index is 14.4. The first-order chi connectivity index (χ1) is 16.7. The Bertz CT molecular complexity index is 1560. The monoisotopic (exact) mass is 517 g/mol. The minimum Gasteiger partial charge on any atom is -0.412 e. The largest absolute Gasteiger partial charge is 0.432 e. The Kier molecular flexibility index (Phi) is 5.78. The predicted molar refractivity (Wildman–Crippen MR) is 121 cm³/mol. The average Bonchev–Trinajstić information content (AvgIpc) is 3.45. The van der Waals surface area contributed by atoms with Gasteiger partial charge in [0.25, 0.3) is 17.6 Å². The van der Waals surface area contributed by atoms with Gasteiger partial charge in [-0.15, -0.1) is 10.2 Å². The third-order valence-corrected chi connectivity index (χ3v) is 5.82. The number of fused-ring (bicyclic) bond motifs is 1. The maximum absolute atomic E-state index is 14.4. The topological polar surface area (TPSA) is 86.7 Å². The van der Waals surface area contributed by atoms with Gasteiger partial charge in [0.1, 0.15) is 17.7 Å². The molecule has 7 nitrogen and oxygen atoms in total. The number of carbonyl (C=O) groups excluding carboxylic acids is 1. The molecule has 176 valence electrons. The fourth-order valence-electron chi connectivity index (χ4n) is 3.76. The summed E-state index contributed by atoms with van der Waals surface area (Å²) in [7, 11) is 0. The number of benzene rings is 2. The van der Waals surface area contributed by atoms with Gasteiger partial charge in [0.2, 0.25) is 0 Å². The molecule has 0 fully saturated rings. The van der Waals surface area contributed by atoms with Crippen LogP contribution in [-0.2, 0) is 12.7 Å². The fourth-order valence-corrected chi connectivity index (χ4v) is 4.22. The Morgan fingerprint density at radius 3 is 2.57 bits per heavy atom. The summed E-state index contributed by atoms with van der Waals surface area (Å²) in [4.78, 5) is 21.1. The molecule has 12 heteroatoms. The molecule has 35 heavy (non-hydrogen) atoms. The van der Waals surface area contributed by atoms with Gasteiger partial charge in [0, 0.05) is 33.7 Å². The van der Waals surface area contributed by atoms with Crippen LogP contribution in [0.15, 0.2) is 65.5 Å². The van der Waals surface area contributed by atoms with Crippen LogP contribution in [0.4, 0.5) is 13.2 Å². The second-order valence-electron chi connectivity index (χ2n) is 7.40. The lowest BCUT2D eigenvalue weighted by Crippen LogP contribution is -2.19. The first-order valence-electron chi connectivity index (χ1n) is 10.0. The molecule has 0 amide bonds. The predicted octanol–water partition coefficient (Wildman–Crippen LogP) is 6.09. The second kappa shape index (κ2) is 8.79. The summed E-state index contributed by atoms with van der Waals surface area (Å²) in [6, 6.07) is 12.0. The standard InChI is InChI=1S/C23H12Cl2F3N5O2/c24-13-6-5-12(15(25)9-13)10-33-17-4-2-1-3-14(17)18(20(33)23(26,27)28)19(34)22-32-31-21(35-22)16-7-8-29-11-30-16/h1-9,11H,10H2. The fraction of sp³-hybridized carbons (Fsp3) is 0.0870. The summed E-state index contributed by atoms with van der Waals surface area (Å²) in [5, 5.41) is 8.05. The summed E-state index contributed by atoms with van der Waals surface area (Å²) in [5.74, 6) is -1.79. The molecule has 0 bridgehead atoms. The van der Waals surface area contributed by atoms with Crippen LogP contribution in [0.2, 0.25) is 10.0 Å². The molecule has 2 aromatic carbocycles. The van der Waals surface area contributed by atoms with E-state index in [0.29, 0.717) is 10.6 Å². The molecule has 0 aliphatic rings. The van der Waals surface area contributed by atoms with Crippen LogP contribution >= 0.6 is 23.2 Å². The number of hydrogen-bond donors (Lipinski definition) is 0. The summed E-state index contributed by atoms with van der Waals surface area (Å²) >= 11 is 12.2. The van der Waals surface area contributed by atoms with Crippen molar-refractivity contribution in [1.82, 2.24) is 24.7 Å². The highest BCUT2D eigenvalue weighted by molar-refractivity contribution is 6.35. The zero-order valence-electron chi connectivity index (χ0n) is 17.4. The van der Waals surface area contributed by atoms with Gasteiger partial charge in [-0.3, -0.25) is 4.79 Å². The van der Waals surface area contributed by atoms with Crippen LogP contribution in [-0.4, -0.2) is 30.5 Å². The summed E-state index contributed by atoms with van der Waals surface area (Å²) in [6.45, 7) is -0.255. The quantitative estimate of drug-likeness (QED) is 0.262. The Morgan fingerprint density at radius 2 is 1.86 bits per heavy atom. The number of aromatic nitrogens is 5. The van der Waals surface area contributed by atoms with E-state index in [-0.39, 0.29) is 34.1 Å². The molecule has 0 saturated carbocycles. The van der Waals surface area contributed by atoms with Gasteiger partial charge >= 0.3 is 6.18 Å². The molecule has 0 aliphatic heterocycles. The lowest BCUT2D eigenvalue weighted by Gasteiger charge is -2.15. The highest BCUT2D eigenvalue weighted by Gasteiger charge is 2.42. The zero-order chi connectivity index (χ0) is 24.7. The Morgan fingerprint density at radius 1 is 1.06 bits per heavy atom. The normalized spacial score (nSPS) is 11.8. The highest BCUT2D eigenvalue weighted by atomic mass is 35.5. The number of rotatable bonds is 5. The number of hydrogen-bond acceptors (Lipinski definition) is 6. The minimum absolute atomic E-state index is 0.0803. The van der Waals surface area contributed by atoms with Crippen LogP contribution < -0.4 is 0 Å². The van der Waals surface area contributed by atoms with Crippen LogP contribution in [0.1, 0.15) is 27.5 Å². The summed E-state index contributed by atoms with van der Waals surface area (Å²) in [5.41, 5.74) is -0.954. The molecule has 0 radical (unpaired) electrons. The van der Waals surface area contributed by atoms with Crippen molar-refractivity contribution < 1.29 is 22.4 Å². The van der Waals surface area contributed by atoms with E-state index in [1.807, 2.05) is 0 Å². The molecule has 0 unspecified atom stereocenters. The van der Waals surface area contributed by atoms with Crippen molar-refractivity contribution >= 4 is 39.9 Å². The summed E-state index contributed by atoms with van der Waals surface area (Å²) in [6.07, 6.45) is -2.23. The third kappa shape index (κ3) is 4.26. The van der Waals surface area contributed by atoms with Crippen molar-refractivity contribution in [2.75, 3.05) is 0 Å². The van der Waals surface area contributed by atoms with Crippen molar-refractivity contribution in [2.24, 2.45) is 0 Å². The summed E-state index contributed by atoms with van der Waals surface area (Å²) < 4.78 is 49.7. The lowest BCUT2D eigenvalue weighted by molar-refractivity contribution is -0.143. The van der Waals surface area contributed by atoms with Gasteiger partial charge in [0.15, 0.2) is 0 Å². The first-order valence-corrected chi connectivity index (χ1v) is 10.8. The first kappa shape index (κ1) is 23.0. The van der Waals surface area contributed by atoms with Crippen LogP contribution in [0, 0.1) is 0 Å². The van der Waals surface area contributed by atoms with Crippen LogP contribution in [0.3, 0.4) is 0 Å². The molecule has 5 aromatic rings. The average molecular weight is 518 g/mol. The van der Waals surface area contributed by atoms with E-state index in [9.17, 15) is 18.0 Å². The van der Waals surface area contributed by atoms with E-state index in [2.05, 4.69) is 20.2 Å². The number of halogens is 5. The zero-order valence-corrected chi connectivity index (χ0v) is 18.9.